The van der Waals surface area contributed by atoms with Gasteiger partial charge in [0.15, 0.2) is 0 Å². The molecule has 134 valence electrons. The van der Waals surface area contributed by atoms with Crippen molar-refractivity contribution in [2.24, 2.45) is 5.92 Å². The van der Waals surface area contributed by atoms with E-state index in [4.69, 9.17) is 9.47 Å². The minimum Gasteiger partial charge on any atom is -0.494 e. The van der Waals surface area contributed by atoms with Crippen LogP contribution in [0.2, 0.25) is 0 Å². The first-order valence-corrected chi connectivity index (χ1v) is 8.56. The lowest BCUT2D eigenvalue weighted by atomic mass is 10.2. The molecule has 0 fully saturated rings. The molecule has 0 saturated carbocycles. The Labute approximate surface area is 149 Å². The van der Waals surface area contributed by atoms with Crippen molar-refractivity contribution in [3.8, 4) is 11.5 Å². The number of hydrogen-bond acceptors (Lipinski definition) is 4. The quantitative estimate of drug-likeness (QED) is 0.718. The van der Waals surface area contributed by atoms with Crippen molar-refractivity contribution < 1.29 is 14.3 Å². The minimum atomic E-state index is -0.107. The molecule has 0 aromatic heterocycles. The van der Waals surface area contributed by atoms with Crippen LogP contribution in [0.15, 0.2) is 48.5 Å². The molecule has 0 radical (unpaired) electrons. The summed E-state index contributed by atoms with van der Waals surface area (Å²) >= 11 is 0. The van der Waals surface area contributed by atoms with Gasteiger partial charge in [-0.25, -0.2) is 0 Å². The number of carbonyl (C=O) groups is 1. The summed E-state index contributed by atoms with van der Waals surface area (Å²) in [5.41, 5.74) is 1.62. The van der Waals surface area contributed by atoms with Gasteiger partial charge < -0.3 is 20.1 Å². The van der Waals surface area contributed by atoms with Crippen molar-refractivity contribution in [2.45, 2.75) is 20.8 Å². The Morgan fingerprint density at radius 3 is 2.04 bits per heavy atom. The molecule has 2 N–H and O–H groups in total. The van der Waals surface area contributed by atoms with Crippen LogP contribution in [0, 0.1) is 5.92 Å². The molecule has 5 nitrogen and oxygen atoms in total. The third-order valence-corrected chi connectivity index (χ3v) is 3.34. The van der Waals surface area contributed by atoms with Crippen molar-refractivity contribution in [3.05, 3.63) is 48.5 Å². The second-order valence-electron chi connectivity index (χ2n) is 6.09. The van der Waals surface area contributed by atoms with E-state index in [0.29, 0.717) is 19.1 Å². The van der Waals surface area contributed by atoms with Crippen LogP contribution in [0.5, 0.6) is 11.5 Å². The van der Waals surface area contributed by atoms with Gasteiger partial charge in [-0.2, -0.15) is 0 Å². The summed E-state index contributed by atoms with van der Waals surface area (Å²) in [5.74, 6) is 1.99. The van der Waals surface area contributed by atoms with Crippen LogP contribution >= 0.6 is 0 Å². The SMILES string of the molecule is CCOc1ccc(NCC(=O)Nc2ccc(OCC(C)C)cc2)cc1. The maximum atomic E-state index is 12.0. The van der Waals surface area contributed by atoms with Gasteiger partial charge in [0.2, 0.25) is 5.91 Å². The first kappa shape index (κ1) is 18.6. The second-order valence-corrected chi connectivity index (χ2v) is 6.09. The first-order valence-electron chi connectivity index (χ1n) is 8.56. The van der Waals surface area contributed by atoms with Gasteiger partial charge in [0, 0.05) is 11.4 Å². The summed E-state index contributed by atoms with van der Waals surface area (Å²) in [6.07, 6.45) is 0. The van der Waals surface area contributed by atoms with Crippen molar-refractivity contribution >= 4 is 17.3 Å². The van der Waals surface area contributed by atoms with E-state index < -0.39 is 0 Å². The van der Waals surface area contributed by atoms with Crippen LogP contribution in [-0.4, -0.2) is 25.7 Å². The van der Waals surface area contributed by atoms with Crippen molar-refractivity contribution in [3.63, 3.8) is 0 Å². The van der Waals surface area contributed by atoms with Gasteiger partial charge in [0.05, 0.1) is 19.8 Å². The molecule has 0 saturated heterocycles. The van der Waals surface area contributed by atoms with E-state index in [2.05, 4.69) is 24.5 Å². The third-order valence-electron chi connectivity index (χ3n) is 3.34. The van der Waals surface area contributed by atoms with Gasteiger partial charge in [-0.1, -0.05) is 13.8 Å². The van der Waals surface area contributed by atoms with Crippen LogP contribution in [0.4, 0.5) is 11.4 Å². The molecular weight excluding hydrogens is 316 g/mol. The highest BCUT2D eigenvalue weighted by Gasteiger charge is 2.04. The zero-order valence-corrected chi connectivity index (χ0v) is 15.0. The van der Waals surface area contributed by atoms with Crippen LogP contribution in [-0.2, 0) is 4.79 Å². The van der Waals surface area contributed by atoms with Gasteiger partial charge in [-0.3, -0.25) is 4.79 Å². The monoisotopic (exact) mass is 342 g/mol. The van der Waals surface area contributed by atoms with E-state index in [0.717, 1.165) is 22.9 Å². The van der Waals surface area contributed by atoms with E-state index in [1.807, 2.05) is 55.5 Å². The highest BCUT2D eigenvalue weighted by Crippen LogP contribution is 2.17. The predicted molar refractivity (Wildman–Crippen MR) is 102 cm³/mol. The molecule has 5 heteroatoms. The molecule has 0 bridgehead atoms. The fourth-order valence-electron chi connectivity index (χ4n) is 2.12. The molecule has 2 rings (SSSR count). The molecule has 25 heavy (non-hydrogen) atoms. The third kappa shape index (κ3) is 6.75. The second kappa shape index (κ2) is 9.57. The van der Waals surface area contributed by atoms with Gasteiger partial charge >= 0.3 is 0 Å². The lowest BCUT2D eigenvalue weighted by Gasteiger charge is -2.11. The number of ether oxygens (including phenoxy) is 2. The van der Waals surface area contributed by atoms with Crippen LogP contribution in [0.1, 0.15) is 20.8 Å². The van der Waals surface area contributed by atoms with Gasteiger partial charge in [-0.05, 0) is 61.4 Å². The molecule has 0 unspecified atom stereocenters. The van der Waals surface area contributed by atoms with Crippen LogP contribution in [0.25, 0.3) is 0 Å². The van der Waals surface area contributed by atoms with E-state index >= 15 is 0 Å². The molecular formula is C20H26N2O3. The molecule has 0 aliphatic carbocycles. The topological polar surface area (TPSA) is 59.6 Å². The molecule has 0 spiro atoms. The Morgan fingerprint density at radius 1 is 0.920 bits per heavy atom. The molecule has 0 aliphatic heterocycles. The van der Waals surface area contributed by atoms with Crippen LogP contribution in [0.3, 0.4) is 0 Å². The summed E-state index contributed by atoms with van der Waals surface area (Å²) in [5, 5.41) is 5.94. The maximum Gasteiger partial charge on any atom is 0.243 e. The summed E-state index contributed by atoms with van der Waals surface area (Å²) in [7, 11) is 0. The van der Waals surface area contributed by atoms with E-state index in [9.17, 15) is 4.79 Å². The first-order chi connectivity index (χ1) is 12.1. The molecule has 0 heterocycles. The van der Waals surface area contributed by atoms with Gasteiger partial charge in [0.25, 0.3) is 0 Å². The number of carbonyl (C=O) groups excluding carboxylic acids is 1. The standard InChI is InChI=1S/C20H26N2O3/c1-4-24-18-9-5-16(6-10-18)21-13-20(23)22-17-7-11-19(12-8-17)25-14-15(2)3/h5-12,15,21H,4,13-14H2,1-3H3,(H,22,23). The normalized spacial score (nSPS) is 10.4. The number of nitrogens with one attached hydrogen (secondary N) is 2. The highest BCUT2D eigenvalue weighted by molar-refractivity contribution is 5.93. The maximum absolute atomic E-state index is 12.0. The van der Waals surface area contributed by atoms with Crippen molar-refractivity contribution in [1.82, 2.24) is 0 Å². The summed E-state index contributed by atoms with van der Waals surface area (Å²) < 4.78 is 11.0. The number of rotatable bonds is 9. The fourth-order valence-corrected chi connectivity index (χ4v) is 2.12. The Morgan fingerprint density at radius 2 is 1.48 bits per heavy atom. The lowest BCUT2D eigenvalue weighted by molar-refractivity contribution is -0.114. The van der Waals surface area contributed by atoms with Gasteiger partial charge in [0.1, 0.15) is 11.5 Å². The minimum absolute atomic E-state index is 0.107. The largest absolute Gasteiger partial charge is 0.494 e. The zero-order valence-electron chi connectivity index (χ0n) is 15.0. The van der Waals surface area contributed by atoms with E-state index in [-0.39, 0.29) is 12.5 Å². The Balaban J connectivity index is 1.77. The average molecular weight is 342 g/mol. The Kier molecular flexibility index (Phi) is 7.14. The average Bonchev–Trinajstić information content (AvgIpc) is 2.61. The van der Waals surface area contributed by atoms with Crippen LogP contribution < -0.4 is 20.1 Å². The molecule has 0 atom stereocenters. The summed E-state index contributed by atoms with van der Waals surface area (Å²) in [4.78, 5) is 12.0. The molecule has 2 aromatic carbocycles. The van der Waals surface area contributed by atoms with E-state index in [1.54, 1.807) is 0 Å². The fraction of sp³-hybridized carbons (Fsp3) is 0.350. The summed E-state index contributed by atoms with van der Waals surface area (Å²) in [6.45, 7) is 7.66. The van der Waals surface area contributed by atoms with Crippen molar-refractivity contribution in [1.29, 1.82) is 0 Å². The summed E-state index contributed by atoms with van der Waals surface area (Å²) in [6, 6.07) is 14.9. The number of amides is 1. The lowest BCUT2D eigenvalue weighted by Crippen LogP contribution is -2.21. The smallest absolute Gasteiger partial charge is 0.243 e. The number of anilines is 2. The number of benzene rings is 2. The predicted octanol–water partition coefficient (Wildman–Crippen LogP) is 4.17. The molecule has 2 aromatic rings. The molecule has 0 aliphatic rings. The highest BCUT2D eigenvalue weighted by atomic mass is 16.5. The number of hydrogen-bond donors (Lipinski definition) is 2. The van der Waals surface area contributed by atoms with Crippen molar-refractivity contribution in [2.75, 3.05) is 30.4 Å². The van der Waals surface area contributed by atoms with Gasteiger partial charge in [-0.15, -0.1) is 0 Å². The van der Waals surface area contributed by atoms with E-state index in [1.165, 1.54) is 0 Å². The molecule has 1 amide bonds. The Hall–Kier alpha value is -2.69. The zero-order chi connectivity index (χ0) is 18.1. The Bertz CT molecular complexity index is 652.